The van der Waals surface area contributed by atoms with Gasteiger partial charge in [-0.15, -0.1) is 6.42 Å². The molecular weight excluding hydrogens is 122 g/mol. The van der Waals surface area contributed by atoms with Crippen LogP contribution >= 0.6 is 0 Å². The van der Waals surface area contributed by atoms with Crippen molar-refractivity contribution in [3.8, 4) is 12.3 Å². The van der Waals surface area contributed by atoms with Crippen molar-refractivity contribution in [3.05, 3.63) is 0 Å². The van der Waals surface area contributed by atoms with Crippen molar-refractivity contribution >= 4 is 0 Å². The van der Waals surface area contributed by atoms with Crippen LogP contribution in [-0.2, 0) is 0 Å². The van der Waals surface area contributed by atoms with E-state index in [0.717, 1.165) is 6.54 Å². The lowest BCUT2D eigenvalue weighted by Gasteiger charge is -2.12. The van der Waals surface area contributed by atoms with Crippen LogP contribution in [0.25, 0.3) is 0 Å². The highest BCUT2D eigenvalue weighted by Crippen LogP contribution is 2.47. The quantitative estimate of drug-likeness (QED) is 0.531. The maximum atomic E-state index is 5.39. The molecular formula is C9H15N. The van der Waals surface area contributed by atoms with Crippen LogP contribution in [0.15, 0.2) is 0 Å². The molecule has 0 N–H and O–H groups in total. The Morgan fingerprint density at radius 2 is 2.10 bits per heavy atom. The Bertz CT molecular complexity index is 149. The van der Waals surface area contributed by atoms with E-state index in [4.69, 9.17) is 6.42 Å². The summed E-state index contributed by atoms with van der Waals surface area (Å²) >= 11 is 0. The smallest absolute Gasteiger partial charge is 0.0325 e. The summed E-state index contributed by atoms with van der Waals surface area (Å²) in [5, 5.41) is 0. The first kappa shape index (κ1) is 7.63. The van der Waals surface area contributed by atoms with Crippen LogP contribution < -0.4 is 0 Å². The zero-order valence-corrected chi connectivity index (χ0v) is 6.85. The van der Waals surface area contributed by atoms with Crippen LogP contribution in [0, 0.1) is 17.8 Å². The predicted molar refractivity (Wildman–Crippen MR) is 43.7 cm³/mol. The molecule has 1 heteroatoms. The molecule has 0 spiro atoms. The molecule has 0 heterocycles. The van der Waals surface area contributed by atoms with Crippen molar-refractivity contribution in [1.82, 2.24) is 4.90 Å². The van der Waals surface area contributed by atoms with E-state index in [2.05, 4.69) is 24.9 Å². The number of hydrogen-bond acceptors (Lipinski definition) is 1. The molecule has 0 bridgehead atoms. The molecule has 1 aliphatic carbocycles. The first-order chi connectivity index (χ1) is 4.68. The van der Waals surface area contributed by atoms with Gasteiger partial charge in [-0.25, -0.2) is 0 Å². The monoisotopic (exact) mass is 137 g/mol. The summed E-state index contributed by atoms with van der Waals surface area (Å²) in [6.45, 7) is 1.13. The van der Waals surface area contributed by atoms with E-state index in [9.17, 15) is 0 Å². The highest BCUT2D eigenvalue weighted by atomic mass is 15.0. The molecule has 0 saturated heterocycles. The summed E-state index contributed by atoms with van der Waals surface area (Å²) in [4.78, 5) is 2.19. The van der Waals surface area contributed by atoms with Gasteiger partial charge in [-0.1, -0.05) is 5.92 Å². The summed E-state index contributed by atoms with van der Waals surface area (Å²) in [6.07, 6.45) is 9.06. The van der Waals surface area contributed by atoms with E-state index in [0.29, 0.717) is 5.41 Å². The number of nitrogens with zero attached hydrogens (tertiary/aromatic N) is 1. The van der Waals surface area contributed by atoms with Crippen LogP contribution in [-0.4, -0.2) is 25.5 Å². The molecule has 10 heavy (non-hydrogen) atoms. The molecule has 0 amide bonds. The van der Waals surface area contributed by atoms with E-state index in [1.165, 1.54) is 19.3 Å². The molecule has 0 aromatic rings. The van der Waals surface area contributed by atoms with E-state index in [-0.39, 0.29) is 0 Å². The first-order valence-electron chi connectivity index (χ1n) is 3.81. The molecule has 0 aromatic carbocycles. The third-order valence-electron chi connectivity index (χ3n) is 2.20. The van der Waals surface area contributed by atoms with Crippen LogP contribution in [0.3, 0.4) is 0 Å². The van der Waals surface area contributed by atoms with Gasteiger partial charge in [0.2, 0.25) is 0 Å². The first-order valence-corrected chi connectivity index (χ1v) is 3.81. The average molecular weight is 137 g/mol. The highest BCUT2D eigenvalue weighted by molar-refractivity contribution is 5.14. The zero-order valence-electron chi connectivity index (χ0n) is 6.85. The van der Waals surface area contributed by atoms with Crippen molar-refractivity contribution in [2.24, 2.45) is 5.41 Å². The average Bonchev–Trinajstić information content (AvgIpc) is 2.64. The Hall–Kier alpha value is -0.480. The third-order valence-corrected chi connectivity index (χ3v) is 2.20. The van der Waals surface area contributed by atoms with Crippen LogP contribution in [0.5, 0.6) is 0 Å². The summed E-state index contributed by atoms with van der Waals surface area (Å²) in [5.41, 5.74) is 0.310. The molecule has 1 rings (SSSR count). The minimum atomic E-state index is 0.310. The summed E-state index contributed by atoms with van der Waals surface area (Å²) in [6, 6.07) is 0. The Morgan fingerprint density at radius 1 is 1.50 bits per heavy atom. The van der Waals surface area contributed by atoms with Crippen LogP contribution in [0.1, 0.15) is 19.3 Å². The zero-order chi connectivity index (χ0) is 7.61. The van der Waals surface area contributed by atoms with Gasteiger partial charge in [0.25, 0.3) is 0 Å². The fraction of sp³-hybridized carbons (Fsp3) is 0.778. The largest absolute Gasteiger partial charge is 0.309 e. The van der Waals surface area contributed by atoms with Gasteiger partial charge < -0.3 is 4.90 Å². The highest BCUT2D eigenvalue weighted by Gasteiger charge is 2.39. The number of terminal acetylenes is 1. The molecule has 1 saturated carbocycles. The van der Waals surface area contributed by atoms with Crippen LogP contribution in [0.2, 0.25) is 0 Å². The maximum Gasteiger partial charge on any atom is 0.0325 e. The van der Waals surface area contributed by atoms with Gasteiger partial charge in [0.1, 0.15) is 0 Å². The predicted octanol–water partition coefficient (Wildman–Crippen LogP) is 1.35. The minimum Gasteiger partial charge on any atom is -0.309 e. The lowest BCUT2D eigenvalue weighted by Crippen LogP contribution is -2.16. The van der Waals surface area contributed by atoms with Gasteiger partial charge >= 0.3 is 0 Å². The third kappa shape index (κ3) is 1.75. The molecule has 0 atom stereocenters. The maximum absolute atomic E-state index is 5.39. The molecule has 0 aromatic heterocycles. The molecule has 0 unspecified atom stereocenters. The minimum absolute atomic E-state index is 0.310. The molecule has 0 radical (unpaired) electrons. The van der Waals surface area contributed by atoms with Crippen LogP contribution in [0.4, 0.5) is 0 Å². The second kappa shape index (κ2) is 2.64. The number of rotatable bonds is 3. The SMILES string of the molecule is C#CC1(CCN(C)C)CC1. The van der Waals surface area contributed by atoms with Gasteiger partial charge in [0.05, 0.1) is 0 Å². The second-order valence-electron chi connectivity index (χ2n) is 3.48. The number of hydrogen-bond donors (Lipinski definition) is 0. The van der Waals surface area contributed by atoms with Gasteiger partial charge in [-0.2, -0.15) is 0 Å². The molecule has 1 nitrogen and oxygen atoms in total. The van der Waals surface area contributed by atoms with Gasteiger partial charge in [0, 0.05) is 5.41 Å². The van der Waals surface area contributed by atoms with Gasteiger partial charge in [-0.05, 0) is 39.9 Å². The van der Waals surface area contributed by atoms with Gasteiger partial charge in [-0.3, -0.25) is 0 Å². The van der Waals surface area contributed by atoms with E-state index in [1.807, 2.05) is 0 Å². The summed E-state index contributed by atoms with van der Waals surface area (Å²) < 4.78 is 0. The normalized spacial score (nSPS) is 20.6. The lowest BCUT2D eigenvalue weighted by atomic mass is 10.0. The van der Waals surface area contributed by atoms with Crippen molar-refractivity contribution < 1.29 is 0 Å². The van der Waals surface area contributed by atoms with Crippen molar-refractivity contribution in [2.75, 3.05) is 20.6 Å². The van der Waals surface area contributed by atoms with Crippen molar-refractivity contribution in [2.45, 2.75) is 19.3 Å². The molecule has 1 aliphatic rings. The lowest BCUT2D eigenvalue weighted by molar-refractivity contribution is 0.370. The van der Waals surface area contributed by atoms with Crippen molar-refractivity contribution in [1.29, 1.82) is 0 Å². The Morgan fingerprint density at radius 3 is 2.40 bits per heavy atom. The van der Waals surface area contributed by atoms with E-state index in [1.54, 1.807) is 0 Å². The van der Waals surface area contributed by atoms with Crippen molar-refractivity contribution in [3.63, 3.8) is 0 Å². The Balaban J connectivity index is 2.21. The Labute approximate surface area is 63.4 Å². The fourth-order valence-corrected chi connectivity index (χ4v) is 1.06. The Kier molecular flexibility index (Phi) is 2.01. The standard InChI is InChI=1S/C9H15N/c1-4-9(5-6-9)7-8-10(2)3/h1H,5-8H2,2-3H3. The fourth-order valence-electron chi connectivity index (χ4n) is 1.06. The van der Waals surface area contributed by atoms with Gasteiger partial charge in [0.15, 0.2) is 0 Å². The summed E-state index contributed by atoms with van der Waals surface area (Å²) in [7, 11) is 4.18. The second-order valence-corrected chi connectivity index (χ2v) is 3.48. The van der Waals surface area contributed by atoms with E-state index >= 15 is 0 Å². The summed E-state index contributed by atoms with van der Waals surface area (Å²) in [5.74, 6) is 2.88. The topological polar surface area (TPSA) is 3.24 Å². The van der Waals surface area contributed by atoms with E-state index < -0.39 is 0 Å². The molecule has 56 valence electrons. The molecule has 0 aliphatic heterocycles. The molecule has 1 fully saturated rings.